The predicted molar refractivity (Wildman–Crippen MR) is 87.9 cm³/mol. The van der Waals surface area contributed by atoms with Crippen molar-refractivity contribution < 1.29 is 5.11 Å². The number of aromatic nitrogens is 2. The lowest BCUT2D eigenvalue weighted by Crippen LogP contribution is -2.26. The van der Waals surface area contributed by atoms with Gasteiger partial charge in [-0.1, -0.05) is 19.1 Å². The Kier molecular flexibility index (Phi) is 5.75. The van der Waals surface area contributed by atoms with Gasteiger partial charge in [0.25, 0.3) is 0 Å². The summed E-state index contributed by atoms with van der Waals surface area (Å²) >= 11 is 0. The van der Waals surface area contributed by atoms with E-state index in [1.807, 2.05) is 18.2 Å². The van der Waals surface area contributed by atoms with E-state index in [1.165, 1.54) is 0 Å². The molecule has 5 heteroatoms. The van der Waals surface area contributed by atoms with Gasteiger partial charge in [0.2, 0.25) is 5.95 Å². The summed E-state index contributed by atoms with van der Waals surface area (Å²) in [6.07, 6.45) is 1.78. The van der Waals surface area contributed by atoms with Crippen LogP contribution in [0.4, 0.5) is 11.8 Å². The molecule has 0 aliphatic carbocycles. The van der Waals surface area contributed by atoms with Crippen LogP contribution in [0.5, 0.6) is 0 Å². The highest BCUT2D eigenvalue weighted by Gasteiger charge is 2.12. The largest absolute Gasteiger partial charge is 0.396 e. The second kappa shape index (κ2) is 7.78. The molecular weight excluding hydrogens is 264 g/mol. The van der Waals surface area contributed by atoms with Gasteiger partial charge in [-0.05, 0) is 31.9 Å². The molecule has 1 aromatic heterocycles. The molecule has 0 aliphatic heterocycles. The van der Waals surface area contributed by atoms with Crippen LogP contribution in [0.25, 0.3) is 10.9 Å². The molecule has 21 heavy (non-hydrogen) atoms. The fourth-order valence-electron chi connectivity index (χ4n) is 2.29. The molecule has 0 amide bonds. The monoisotopic (exact) mass is 288 g/mol. The molecule has 2 N–H and O–H groups in total. The number of hydrogen-bond acceptors (Lipinski definition) is 5. The van der Waals surface area contributed by atoms with Crippen molar-refractivity contribution in [2.45, 2.75) is 26.7 Å². The van der Waals surface area contributed by atoms with Gasteiger partial charge in [-0.15, -0.1) is 0 Å². The van der Waals surface area contributed by atoms with E-state index in [0.717, 1.165) is 49.2 Å². The van der Waals surface area contributed by atoms with E-state index >= 15 is 0 Å². The number of aliphatic hydroxyl groups is 1. The normalized spacial score (nSPS) is 10.8. The molecule has 114 valence electrons. The van der Waals surface area contributed by atoms with Gasteiger partial charge in [-0.25, -0.2) is 4.98 Å². The third-order valence-corrected chi connectivity index (χ3v) is 3.38. The van der Waals surface area contributed by atoms with Gasteiger partial charge < -0.3 is 15.3 Å². The zero-order valence-electron chi connectivity index (χ0n) is 12.8. The topological polar surface area (TPSA) is 61.3 Å². The average molecular weight is 288 g/mol. The molecule has 0 aliphatic rings. The standard InChI is InChI=1S/C16H24N4O/c1-3-10-17-16-18-14-9-6-5-8-13(14)15(19-16)20(4-2)11-7-12-21/h5-6,8-9,21H,3-4,7,10-12H2,1-2H3,(H,17,18,19). The van der Waals surface area contributed by atoms with E-state index < -0.39 is 0 Å². The summed E-state index contributed by atoms with van der Waals surface area (Å²) in [6.45, 7) is 6.93. The maximum atomic E-state index is 9.07. The molecule has 0 unspecified atom stereocenters. The van der Waals surface area contributed by atoms with Crippen LogP contribution in [-0.2, 0) is 0 Å². The predicted octanol–water partition coefficient (Wildman–Crippen LogP) is 2.66. The van der Waals surface area contributed by atoms with Crippen molar-refractivity contribution in [1.82, 2.24) is 9.97 Å². The summed E-state index contributed by atoms with van der Waals surface area (Å²) in [5, 5.41) is 13.4. The second-order valence-electron chi connectivity index (χ2n) is 4.97. The van der Waals surface area contributed by atoms with Crippen molar-refractivity contribution in [3.63, 3.8) is 0 Å². The second-order valence-corrected chi connectivity index (χ2v) is 4.97. The molecule has 0 saturated carbocycles. The average Bonchev–Trinajstić information content (AvgIpc) is 2.53. The summed E-state index contributed by atoms with van der Waals surface area (Å²) in [5.74, 6) is 1.61. The zero-order valence-corrected chi connectivity index (χ0v) is 12.8. The number of anilines is 2. The van der Waals surface area contributed by atoms with Crippen LogP contribution in [-0.4, -0.2) is 41.3 Å². The van der Waals surface area contributed by atoms with Crippen molar-refractivity contribution >= 4 is 22.7 Å². The van der Waals surface area contributed by atoms with E-state index in [4.69, 9.17) is 5.11 Å². The maximum absolute atomic E-state index is 9.07. The maximum Gasteiger partial charge on any atom is 0.225 e. The fraction of sp³-hybridized carbons (Fsp3) is 0.500. The summed E-state index contributed by atoms with van der Waals surface area (Å²) in [6, 6.07) is 8.06. The van der Waals surface area contributed by atoms with Crippen molar-refractivity contribution in [2.75, 3.05) is 36.5 Å². The van der Waals surface area contributed by atoms with Crippen molar-refractivity contribution in [2.24, 2.45) is 0 Å². The molecule has 0 spiro atoms. The molecule has 0 saturated heterocycles. The number of para-hydroxylation sites is 1. The van der Waals surface area contributed by atoms with Gasteiger partial charge >= 0.3 is 0 Å². The fourth-order valence-corrected chi connectivity index (χ4v) is 2.29. The molecule has 0 atom stereocenters. The van der Waals surface area contributed by atoms with Gasteiger partial charge in [0, 0.05) is 31.6 Å². The molecule has 2 aromatic rings. The first-order chi connectivity index (χ1) is 10.3. The lowest BCUT2D eigenvalue weighted by Gasteiger charge is -2.23. The Morgan fingerprint density at radius 3 is 2.71 bits per heavy atom. The molecule has 2 rings (SSSR count). The van der Waals surface area contributed by atoms with E-state index in [0.29, 0.717) is 5.95 Å². The Hall–Kier alpha value is -1.88. The first-order valence-electron chi connectivity index (χ1n) is 7.66. The first kappa shape index (κ1) is 15.5. The van der Waals surface area contributed by atoms with Gasteiger partial charge in [0.1, 0.15) is 5.82 Å². The minimum absolute atomic E-state index is 0.195. The molecular formula is C16H24N4O. The van der Waals surface area contributed by atoms with E-state index in [9.17, 15) is 0 Å². The quantitative estimate of drug-likeness (QED) is 0.782. The number of hydrogen-bond donors (Lipinski definition) is 2. The molecule has 1 aromatic carbocycles. The van der Waals surface area contributed by atoms with Crippen molar-refractivity contribution in [3.8, 4) is 0 Å². The van der Waals surface area contributed by atoms with Crippen LogP contribution in [0.1, 0.15) is 26.7 Å². The molecule has 0 fully saturated rings. The van der Waals surface area contributed by atoms with Crippen molar-refractivity contribution in [1.29, 1.82) is 0 Å². The highest BCUT2D eigenvalue weighted by atomic mass is 16.3. The molecule has 5 nitrogen and oxygen atoms in total. The van der Waals surface area contributed by atoms with Gasteiger partial charge in [0.15, 0.2) is 0 Å². The van der Waals surface area contributed by atoms with E-state index in [-0.39, 0.29) is 6.61 Å². The smallest absolute Gasteiger partial charge is 0.225 e. The van der Waals surface area contributed by atoms with Crippen LogP contribution in [0.2, 0.25) is 0 Å². The number of fused-ring (bicyclic) bond motifs is 1. The number of nitrogens with one attached hydrogen (secondary N) is 1. The zero-order chi connectivity index (χ0) is 15.1. The molecule has 1 heterocycles. The number of benzene rings is 1. The van der Waals surface area contributed by atoms with Crippen LogP contribution >= 0.6 is 0 Å². The van der Waals surface area contributed by atoms with Gasteiger partial charge in [-0.3, -0.25) is 0 Å². The van der Waals surface area contributed by atoms with Crippen LogP contribution < -0.4 is 10.2 Å². The minimum Gasteiger partial charge on any atom is -0.396 e. The van der Waals surface area contributed by atoms with Gasteiger partial charge in [-0.2, -0.15) is 4.98 Å². The van der Waals surface area contributed by atoms with Crippen molar-refractivity contribution in [3.05, 3.63) is 24.3 Å². The summed E-state index contributed by atoms with van der Waals surface area (Å²) in [5.41, 5.74) is 0.948. The van der Waals surface area contributed by atoms with Crippen LogP contribution in [0.3, 0.4) is 0 Å². The number of aliphatic hydroxyl groups excluding tert-OH is 1. The Morgan fingerprint density at radius 1 is 1.19 bits per heavy atom. The molecule has 0 radical (unpaired) electrons. The number of nitrogens with zero attached hydrogens (tertiary/aromatic N) is 3. The molecule has 0 bridgehead atoms. The summed E-state index contributed by atoms with van der Waals surface area (Å²) in [7, 11) is 0. The Balaban J connectivity index is 2.42. The van der Waals surface area contributed by atoms with E-state index in [1.54, 1.807) is 0 Å². The Bertz CT molecular complexity index is 573. The first-order valence-corrected chi connectivity index (χ1v) is 7.66. The third kappa shape index (κ3) is 3.82. The van der Waals surface area contributed by atoms with Gasteiger partial charge in [0.05, 0.1) is 5.52 Å². The van der Waals surface area contributed by atoms with E-state index in [2.05, 4.69) is 40.1 Å². The minimum atomic E-state index is 0.195. The summed E-state index contributed by atoms with van der Waals surface area (Å²) in [4.78, 5) is 11.4. The third-order valence-electron chi connectivity index (χ3n) is 3.38. The SMILES string of the molecule is CCCNc1nc(N(CC)CCCO)c2ccccc2n1. The Labute approximate surface area is 126 Å². The Morgan fingerprint density at radius 2 is 2.00 bits per heavy atom. The number of rotatable bonds is 8. The lowest BCUT2D eigenvalue weighted by molar-refractivity contribution is 0.289. The summed E-state index contributed by atoms with van der Waals surface area (Å²) < 4.78 is 0. The highest BCUT2D eigenvalue weighted by molar-refractivity contribution is 5.90. The lowest BCUT2D eigenvalue weighted by atomic mass is 10.2. The highest BCUT2D eigenvalue weighted by Crippen LogP contribution is 2.25. The van der Waals surface area contributed by atoms with Crippen LogP contribution in [0, 0.1) is 0 Å². The van der Waals surface area contributed by atoms with Crippen LogP contribution in [0.15, 0.2) is 24.3 Å².